The quantitative estimate of drug-likeness (QED) is 0.280. The van der Waals surface area contributed by atoms with Crippen LogP contribution >= 0.6 is 0 Å². The van der Waals surface area contributed by atoms with Gasteiger partial charge in [-0.1, -0.05) is 0 Å². The standard InChI is InChI=1S/Co.2FH.Mg/h;2*1H;/q;;;+2/p-2. The second-order valence-corrected chi connectivity index (χ2v) is 0. The van der Waals surface area contributed by atoms with Crippen LogP contribution in [0.1, 0.15) is 0 Å². The summed E-state index contributed by atoms with van der Waals surface area (Å²) in [5, 5.41) is 0. The summed E-state index contributed by atoms with van der Waals surface area (Å²) in [6.07, 6.45) is 0. The molecule has 0 aromatic heterocycles. The third-order valence-electron chi connectivity index (χ3n) is 0. The van der Waals surface area contributed by atoms with Gasteiger partial charge in [-0.2, -0.15) is 0 Å². The maximum atomic E-state index is 0. The van der Waals surface area contributed by atoms with Crippen molar-refractivity contribution >= 4 is 23.1 Å². The molecule has 0 spiro atoms. The Labute approximate surface area is 49.4 Å². The van der Waals surface area contributed by atoms with Crippen LogP contribution in [0.25, 0.3) is 0 Å². The molecule has 0 unspecified atom stereocenters. The molecule has 0 aromatic carbocycles. The Kier molecular flexibility index (Phi) is 540. The molecule has 0 aromatic rings. The van der Waals surface area contributed by atoms with Gasteiger partial charge in [-0.15, -0.1) is 0 Å². The Morgan fingerprint density at radius 3 is 0.750 bits per heavy atom. The average molecular weight is 121 g/mol. The molecule has 0 heterocycles. The van der Waals surface area contributed by atoms with Crippen molar-refractivity contribution in [3.8, 4) is 0 Å². The van der Waals surface area contributed by atoms with Gasteiger partial charge in [-0.25, -0.2) is 0 Å². The van der Waals surface area contributed by atoms with E-state index in [0.717, 1.165) is 0 Å². The van der Waals surface area contributed by atoms with Crippen molar-refractivity contribution in [2.45, 2.75) is 0 Å². The largest absolute Gasteiger partial charge is 2.00 e. The molecule has 25 valence electrons. The molecule has 0 amide bonds. The molecule has 1 radical (unpaired) electrons. The van der Waals surface area contributed by atoms with E-state index >= 15 is 0 Å². The molecule has 0 aliphatic heterocycles. The van der Waals surface area contributed by atoms with Crippen molar-refractivity contribution in [2.24, 2.45) is 0 Å². The van der Waals surface area contributed by atoms with Gasteiger partial charge >= 0.3 is 23.1 Å². The summed E-state index contributed by atoms with van der Waals surface area (Å²) >= 11 is 0. The molecular weight excluding hydrogens is 121 g/mol. The van der Waals surface area contributed by atoms with Crippen LogP contribution in [0, 0.1) is 0 Å². The summed E-state index contributed by atoms with van der Waals surface area (Å²) < 4.78 is 0. The SMILES string of the molecule is [Co].[F-].[F-].[Mg+2]. The van der Waals surface area contributed by atoms with E-state index < -0.39 is 0 Å². The van der Waals surface area contributed by atoms with Gasteiger partial charge in [0.1, 0.15) is 0 Å². The van der Waals surface area contributed by atoms with E-state index in [4.69, 9.17) is 0 Å². The summed E-state index contributed by atoms with van der Waals surface area (Å²) in [5.74, 6) is 0. The van der Waals surface area contributed by atoms with E-state index in [-0.39, 0.29) is 49.2 Å². The Balaban J connectivity index is 0. The van der Waals surface area contributed by atoms with Gasteiger partial charge in [0.15, 0.2) is 0 Å². The third kappa shape index (κ3) is 11.1. The maximum absolute atomic E-state index is 0. The number of hydrogen-bond acceptors (Lipinski definition) is 0. The van der Waals surface area contributed by atoms with Crippen LogP contribution in [0.5, 0.6) is 0 Å². The molecule has 0 aliphatic carbocycles. The molecule has 0 nitrogen and oxygen atoms in total. The number of halogens is 2. The minimum atomic E-state index is 0. The first-order valence-corrected chi connectivity index (χ1v) is 0. The minimum Gasteiger partial charge on any atom is -1.00 e. The van der Waals surface area contributed by atoms with Gasteiger partial charge in [0.25, 0.3) is 0 Å². The maximum Gasteiger partial charge on any atom is 2.00 e. The first kappa shape index (κ1) is 68.3. The van der Waals surface area contributed by atoms with Crippen molar-refractivity contribution in [1.29, 1.82) is 0 Å². The van der Waals surface area contributed by atoms with Crippen LogP contribution in [-0.4, -0.2) is 23.1 Å². The van der Waals surface area contributed by atoms with E-state index in [1.165, 1.54) is 0 Å². The summed E-state index contributed by atoms with van der Waals surface area (Å²) in [5.41, 5.74) is 0. The van der Waals surface area contributed by atoms with Crippen LogP contribution in [0.4, 0.5) is 0 Å². The fourth-order valence-electron chi connectivity index (χ4n) is 0. The predicted molar refractivity (Wildman–Crippen MR) is 5.75 cm³/mol. The van der Waals surface area contributed by atoms with Gasteiger partial charge in [-0.05, 0) is 0 Å². The Bertz CT molecular complexity index is 6.00. The molecule has 0 atom stereocenters. The summed E-state index contributed by atoms with van der Waals surface area (Å²) in [7, 11) is 0. The molecular formula is CoF2Mg. The van der Waals surface area contributed by atoms with Crippen molar-refractivity contribution in [2.75, 3.05) is 0 Å². The Morgan fingerprint density at radius 2 is 0.750 bits per heavy atom. The fourth-order valence-corrected chi connectivity index (χ4v) is 0. The van der Waals surface area contributed by atoms with E-state index in [2.05, 4.69) is 0 Å². The molecule has 0 N–H and O–H groups in total. The molecule has 4 heteroatoms. The van der Waals surface area contributed by atoms with Gasteiger partial charge in [0, 0.05) is 16.8 Å². The zero-order valence-electron chi connectivity index (χ0n) is 1.80. The van der Waals surface area contributed by atoms with Crippen molar-refractivity contribution in [3.05, 3.63) is 0 Å². The first-order chi connectivity index (χ1) is 0. The summed E-state index contributed by atoms with van der Waals surface area (Å²) in [6, 6.07) is 0. The average Bonchev–Trinajstić information content (AvgIpc) is 0. The monoisotopic (exact) mass is 121 g/mol. The van der Waals surface area contributed by atoms with Gasteiger partial charge in [-0.3, -0.25) is 0 Å². The van der Waals surface area contributed by atoms with Crippen molar-refractivity contribution in [1.82, 2.24) is 0 Å². The van der Waals surface area contributed by atoms with E-state index in [0.29, 0.717) is 0 Å². The molecule has 0 saturated heterocycles. The van der Waals surface area contributed by atoms with Crippen molar-refractivity contribution in [3.63, 3.8) is 0 Å². The molecule has 0 bridgehead atoms. The normalized spacial score (nSPS) is 0. The fraction of sp³-hybridized carbons (Fsp3) is 0. The van der Waals surface area contributed by atoms with Crippen molar-refractivity contribution < 1.29 is 26.2 Å². The Morgan fingerprint density at radius 1 is 0.750 bits per heavy atom. The zero-order valence-corrected chi connectivity index (χ0v) is 4.25. The molecule has 0 fully saturated rings. The summed E-state index contributed by atoms with van der Waals surface area (Å²) in [6.45, 7) is 0. The second-order valence-electron chi connectivity index (χ2n) is 0. The number of hydrogen-bond donors (Lipinski definition) is 0. The molecule has 0 aliphatic rings. The third-order valence-corrected chi connectivity index (χ3v) is 0. The van der Waals surface area contributed by atoms with Gasteiger partial charge in [0.05, 0.1) is 0 Å². The molecule has 0 rings (SSSR count). The topological polar surface area (TPSA) is 0 Å². The first-order valence-electron chi connectivity index (χ1n) is 0. The van der Waals surface area contributed by atoms with Crippen LogP contribution in [-0.2, 0) is 16.8 Å². The predicted octanol–water partition coefficient (Wildman–Crippen LogP) is -6.38. The molecule has 4 heavy (non-hydrogen) atoms. The summed E-state index contributed by atoms with van der Waals surface area (Å²) in [4.78, 5) is 0. The van der Waals surface area contributed by atoms with Crippen LogP contribution < -0.4 is 9.41 Å². The van der Waals surface area contributed by atoms with Gasteiger partial charge < -0.3 is 9.41 Å². The van der Waals surface area contributed by atoms with Crippen LogP contribution in [0.2, 0.25) is 0 Å². The molecule has 0 saturated carbocycles. The van der Waals surface area contributed by atoms with Crippen LogP contribution in [0.15, 0.2) is 0 Å². The van der Waals surface area contributed by atoms with Gasteiger partial charge in [0.2, 0.25) is 0 Å². The zero-order chi connectivity index (χ0) is 0. The second kappa shape index (κ2) is 31.6. The van der Waals surface area contributed by atoms with Crippen LogP contribution in [0.3, 0.4) is 0 Å². The Hall–Kier alpha value is 1.13. The van der Waals surface area contributed by atoms with E-state index in [1.54, 1.807) is 0 Å². The minimum absolute atomic E-state index is 0. The number of rotatable bonds is 0. The smallest absolute Gasteiger partial charge is 1.00 e. The van der Waals surface area contributed by atoms with E-state index in [1.807, 2.05) is 0 Å². The van der Waals surface area contributed by atoms with E-state index in [9.17, 15) is 0 Å².